The monoisotopic (exact) mass is 237 g/mol. The number of aryl methyl sites for hydroxylation is 1. The maximum Gasteiger partial charge on any atom is 0.377 e. The van der Waals surface area contributed by atoms with E-state index in [2.05, 4.69) is 0 Å². The number of aliphatic carboxylic acids is 1. The van der Waals surface area contributed by atoms with Gasteiger partial charge in [-0.15, -0.1) is 0 Å². The van der Waals surface area contributed by atoms with Gasteiger partial charge in [-0.3, -0.25) is 4.79 Å². The number of carboxylic acids is 1. The second-order valence-corrected chi connectivity index (χ2v) is 3.86. The zero-order chi connectivity index (χ0) is 11.9. The maximum atomic E-state index is 11.3. The van der Waals surface area contributed by atoms with Crippen LogP contribution >= 0.6 is 11.6 Å². The van der Waals surface area contributed by atoms with Crippen LogP contribution in [-0.2, 0) is 11.8 Å². The molecule has 1 heterocycles. The molecule has 1 aromatic carbocycles. The van der Waals surface area contributed by atoms with E-state index in [1.165, 1.54) is 12.1 Å². The minimum atomic E-state index is -1.48. The molecule has 5 heteroatoms. The third-order valence-electron chi connectivity index (χ3n) is 2.41. The quantitative estimate of drug-likeness (QED) is 0.643. The molecule has 1 aromatic heterocycles. The molecule has 0 fully saturated rings. The van der Waals surface area contributed by atoms with Crippen molar-refractivity contribution >= 4 is 34.3 Å². The molecule has 0 bridgehead atoms. The lowest BCUT2D eigenvalue weighted by atomic mass is 10.1. The number of carbonyl (C=O) groups is 2. The molecule has 0 amide bonds. The molecular weight excluding hydrogens is 230 g/mol. The van der Waals surface area contributed by atoms with Crippen LogP contribution in [0.15, 0.2) is 24.4 Å². The van der Waals surface area contributed by atoms with Crippen molar-refractivity contribution in [3.63, 3.8) is 0 Å². The van der Waals surface area contributed by atoms with Crippen molar-refractivity contribution in [2.75, 3.05) is 0 Å². The van der Waals surface area contributed by atoms with Crippen LogP contribution in [0, 0.1) is 0 Å². The van der Waals surface area contributed by atoms with Gasteiger partial charge in [-0.2, -0.15) is 0 Å². The molecular formula is C11H8ClNO3. The van der Waals surface area contributed by atoms with Gasteiger partial charge < -0.3 is 9.67 Å². The summed E-state index contributed by atoms with van der Waals surface area (Å²) in [7, 11) is 1.80. The van der Waals surface area contributed by atoms with Gasteiger partial charge in [0.15, 0.2) is 0 Å². The van der Waals surface area contributed by atoms with Crippen LogP contribution in [0.2, 0.25) is 5.02 Å². The molecule has 2 aromatic rings. The van der Waals surface area contributed by atoms with Gasteiger partial charge in [-0.25, -0.2) is 4.79 Å². The summed E-state index contributed by atoms with van der Waals surface area (Å²) in [4.78, 5) is 21.9. The van der Waals surface area contributed by atoms with E-state index >= 15 is 0 Å². The average molecular weight is 238 g/mol. The largest absolute Gasteiger partial charge is 0.475 e. The molecule has 0 unspecified atom stereocenters. The number of carboxylic acid groups (broad SMARTS) is 1. The predicted molar refractivity (Wildman–Crippen MR) is 59.9 cm³/mol. The summed E-state index contributed by atoms with van der Waals surface area (Å²) < 4.78 is 1.78. The second kappa shape index (κ2) is 3.64. The van der Waals surface area contributed by atoms with E-state index in [1.807, 2.05) is 6.07 Å². The fourth-order valence-corrected chi connectivity index (χ4v) is 1.86. The smallest absolute Gasteiger partial charge is 0.377 e. The number of benzene rings is 1. The molecule has 0 aliphatic carbocycles. The Bertz CT molecular complexity index is 601. The zero-order valence-corrected chi connectivity index (χ0v) is 9.15. The summed E-state index contributed by atoms with van der Waals surface area (Å²) >= 11 is 5.97. The Labute approximate surface area is 96.0 Å². The minimum absolute atomic E-state index is 0.0896. The normalized spacial score (nSPS) is 10.6. The molecule has 1 N–H and O–H groups in total. The van der Waals surface area contributed by atoms with Crippen LogP contribution in [0.1, 0.15) is 10.4 Å². The van der Waals surface area contributed by atoms with Crippen molar-refractivity contribution in [3.05, 3.63) is 35.0 Å². The predicted octanol–water partition coefficient (Wildman–Crippen LogP) is 2.10. The zero-order valence-electron chi connectivity index (χ0n) is 8.40. The van der Waals surface area contributed by atoms with Crippen molar-refractivity contribution in [2.24, 2.45) is 7.05 Å². The first-order valence-corrected chi connectivity index (χ1v) is 4.90. The summed E-state index contributed by atoms with van der Waals surface area (Å²) in [5.74, 6) is -2.44. The maximum absolute atomic E-state index is 11.3. The first kappa shape index (κ1) is 10.7. The van der Waals surface area contributed by atoms with Gasteiger partial charge in [0.1, 0.15) is 0 Å². The van der Waals surface area contributed by atoms with Crippen LogP contribution in [-0.4, -0.2) is 21.4 Å². The Morgan fingerprint density at radius 3 is 2.69 bits per heavy atom. The third-order valence-corrected chi connectivity index (χ3v) is 2.72. The van der Waals surface area contributed by atoms with Crippen molar-refractivity contribution in [1.82, 2.24) is 4.57 Å². The summed E-state index contributed by atoms with van der Waals surface area (Å²) in [6.45, 7) is 0. The van der Waals surface area contributed by atoms with Gasteiger partial charge in [0, 0.05) is 29.7 Å². The van der Waals surface area contributed by atoms with Gasteiger partial charge >= 0.3 is 5.97 Å². The number of rotatable bonds is 2. The van der Waals surface area contributed by atoms with E-state index in [-0.39, 0.29) is 5.56 Å². The topological polar surface area (TPSA) is 59.3 Å². The van der Waals surface area contributed by atoms with Gasteiger partial charge in [0.2, 0.25) is 0 Å². The van der Waals surface area contributed by atoms with Crippen molar-refractivity contribution in [2.45, 2.75) is 0 Å². The van der Waals surface area contributed by atoms with Gasteiger partial charge in [-0.05, 0) is 18.2 Å². The Morgan fingerprint density at radius 2 is 2.06 bits per heavy atom. The number of nitrogens with zero attached hydrogens (tertiary/aromatic N) is 1. The number of fused-ring (bicyclic) bond motifs is 1. The molecule has 16 heavy (non-hydrogen) atoms. The summed E-state index contributed by atoms with van der Waals surface area (Å²) in [6, 6.07) is 4.71. The van der Waals surface area contributed by atoms with E-state index in [0.29, 0.717) is 5.02 Å². The van der Waals surface area contributed by atoms with Crippen LogP contribution in [0.4, 0.5) is 0 Å². The Morgan fingerprint density at radius 1 is 1.38 bits per heavy atom. The third kappa shape index (κ3) is 1.57. The Kier molecular flexibility index (Phi) is 2.44. The van der Waals surface area contributed by atoms with Gasteiger partial charge in [0.05, 0.1) is 5.02 Å². The molecule has 4 nitrogen and oxygen atoms in total. The number of halogens is 1. The summed E-state index contributed by atoms with van der Waals surface area (Å²) in [5, 5.41) is 9.79. The Balaban J connectivity index is 2.70. The summed E-state index contributed by atoms with van der Waals surface area (Å²) in [5.41, 5.74) is 0.823. The van der Waals surface area contributed by atoms with E-state index < -0.39 is 11.8 Å². The lowest BCUT2D eigenvalue weighted by molar-refractivity contribution is -0.131. The van der Waals surface area contributed by atoms with Crippen molar-refractivity contribution < 1.29 is 14.7 Å². The molecule has 82 valence electrons. The average Bonchev–Trinajstić information content (AvgIpc) is 2.60. The first-order chi connectivity index (χ1) is 7.50. The number of carbonyl (C=O) groups excluding carboxylic acids is 1. The van der Waals surface area contributed by atoms with Crippen LogP contribution in [0.5, 0.6) is 0 Å². The number of hydrogen-bond donors (Lipinski definition) is 1. The second-order valence-electron chi connectivity index (χ2n) is 3.45. The van der Waals surface area contributed by atoms with Crippen molar-refractivity contribution in [1.29, 1.82) is 0 Å². The number of hydrogen-bond acceptors (Lipinski definition) is 2. The standard InChI is InChI=1S/C11H8ClNO3/c1-13-3-2-7-8(12)4-6(5-9(7)13)10(14)11(15)16/h2-5H,1H3,(H,15,16). The molecule has 0 aliphatic heterocycles. The SMILES string of the molecule is Cn1ccc2c(Cl)cc(C(=O)C(=O)O)cc21. The molecule has 0 saturated carbocycles. The van der Waals surface area contributed by atoms with Gasteiger partial charge in [-0.1, -0.05) is 11.6 Å². The van der Waals surface area contributed by atoms with E-state index in [4.69, 9.17) is 16.7 Å². The van der Waals surface area contributed by atoms with Gasteiger partial charge in [0.25, 0.3) is 5.78 Å². The highest BCUT2D eigenvalue weighted by Crippen LogP contribution is 2.26. The lowest BCUT2D eigenvalue weighted by Crippen LogP contribution is -2.12. The molecule has 2 rings (SSSR count). The summed E-state index contributed by atoms with van der Waals surface area (Å²) in [6.07, 6.45) is 1.80. The first-order valence-electron chi connectivity index (χ1n) is 4.53. The van der Waals surface area contributed by atoms with Crippen molar-refractivity contribution in [3.8, 4) is 0 Å². The highest BCUT2D eigenvalue weighted by atomic mass is 35.5. The highest BCUT2D eigenvalue weighted by molar-refractivity contribution is 6.42. The number of aromatic nitrogens is 1. The van der Waals surface area contributed by atoms with E-state index in [0.717, 1.165) is 10.9 Å². The fraction of sp³-hybridized carbons (Fsp3) is 0.0909. The molecule has 0 atom stereocenters. The number of Topliss-reactive ketones (excluding diaryl/α,β-unsaturated/α-hetero) is 1. The van der Waals surface area contributed by atoms with E-state index in [1.54, 1.807) is 17.8 Å². The van der Waals surface area contributed by atoms with E-state index in [9.17, 15) is 9.59 Å². The minimum Gasteiger partial charge on any atom is -0.475 e. The molecule has 0 radical (unpaired) electrons. The highest BCUT2D eigenvalue weighted by Gasteiger charge is 2.17. The lowest BCUT2D eigenvalue weighted by Gasteiger charge is -2.01. The Hall–Kier alpha value is -1.81. The van der Waals surface area contributed by atoms with Crippen LogP contribution in [0.3, 0.4) is 0 Å². The molecule has 0 saturated heterocycles. The fourth-order valence-electron chi connectivity index (χ4n) is 1.58. The van der Waals surface area contributed by atoms with Crippen LogP contribution in [0.25, 0.3) is 10.9 Å². The number of ketones is 1. The van der Waals surface area contributed by atoms with Crippen LogP contribution < -0.4 is 0 Å². The molecule has 0 spiro atoms. The molecule has 0 aliphatic rings.